The molecule has 2 rings (SSSR count). The fraction of sp³-hybridized carbons (Fsp3) is 0.571. The zero-order valence-corrected chi connectivity index (χ0v) is 11.3. The molecule has 5 heteroatoms. The van der Waals surface area contributed by atoms with Gasteiger partial charge in [-0.15, -0.1) is 0 Å². The van der Waals surface area contributed by atoms with E-state index in [1.807, 2.05) is 0 Å². The number of rotatable bonds is 5. The number of piperidine rings is 1. The molecule has 19 heavy (non-hydrogen) atoms. The third-order valence-electron chi connectivity index (χ3n) is 3.64. The van der Waals surface area contributed by atoms with E-state index >= 15 is 0 Å². The molecule has 1 aromatic rings. The lowest BCUT2D eigenvalue weighted by Gasteiger charge is -2.30. The molecule has 0 aromatic heterocycles. The predicted octanol–water partition coefficient (Wildman–Crippen LogP) is 1.48. The molecule has 1 aliphatic rings. The van der Waals surface area contributed by atoms with Crippen LogP contribution in [0.2, 0.25) is 0 Å². The van der Waals surface area contributed by atoms with Gasteiger partial charge in [-0.1, -0.05) is 29.5 Å². The van der Waals surface area contributed by atoms with Crippen LogP contribution in [0.4, 0.5) is 0 Å². The van der Waals surface area contributed by atoms with Gasteiger partial charge in [0.15, 0.2) is 0 Å². The van der Waals surface area contributed by atoms with Crippen LogP contribution in [0.15, 0.2) is 34.6 Å². The zero-order chi connectivity index (χ0) is 13.5. The Balaban J connectivity index is 1.81. The third kappa shape index (κ3) is 4.61. The molecule has 1 aliphatic heterocycles. The summed E-state index contributed by atoms with van der Waals surface area (Å²) in [6, 6.07) is 9.12. The van der Waals surface area contributed by atoms with Crippen LogP contribution < -0.4 is 11.6 Å². The van der Waals surface area contributed by atoms with Crippen LogP contribution in [0.3, 0.4) is 0 Å². The van der Waals surface area contributed by atoms with Gasteiger partial charge in [0.25, 0.3) is 0 Å². The first-order valence-corrected chi connectivity index (χ1v) is 6.90. The Morgan fingerprint density at radius 1 is 1.11 bits per heavy atom. The molecule has 1 heterocycles. The number of likely N-dealkylation sites (tertiary alicyclic amines) is 1. The van der Waals surface area contributed by atoms with E-state index in [4.69, 9.17) is 11.6 Å². The summed E-state index contributed by atoms with van der Waals surface area (Å²) in [6.45, 7) is 3.90. The molecular weight excluding hydrogens is 238 g/mol. The van der Waals surface area contributed by atoms with Crippen molar-refractivity contribution < 1.29 is 0 Å². The van der Waals surface area contributed by atoms with Crippen LogP contribution in [0.25, 0.3) is 0 Å². The second-order valence-corrected chi connectivity index (χ2v) is 5.16. The topological polar surface area (TPSA) is 80.0 Å². The van der Waals surface area contributed by atoms with E-state index in [0.29, 0.717) is 12.6 Å². The summed E-state index contributed by atoms with van der Waals surface area (Å²) in [6.07, 6.45) is 3.11. The third-order valence-corrected chi connectivity index (χ3v) is 3.64. The Hall–Kier alpha value is -1.46. The van der Waals surface area contributed by atoms with E-state index in [1.165, 1.54) is 11.1 Å². The molecule has 1 saturated heterocycles. The van der Waals surface area contributed by atoms with Gasteiger partial charge in [0.2, 0.25) is 0 Å². The van der Waals surface area contributed by atoms with Crippen LogP contribution in [-0.4, -0.2) is 30.6 Å². The molecule has 0 saturated carbocycles. The van der Waals surface area contributed by atoms with E-state index in [2.05, 4.69) is 39.5 Å². The zero-order valence-electron chi connectivity index (χ0n) is 11.3. The van der Waals surface area contributed by atoms with E-state index in [0.717, 1.165) is 38.9 Å². The minimum absolute atomic E-state index is 0.398. The molecule has 5 nitrogen and oxygen atoms in total. The number of nitrogens with two attached hydrogens (primary N) is 2. The maximum atomic E-state index is 5.92. The number of hydrogen-bond acceptors (Lipinski definition) is 4. The summed E-state index contributed by atoms with van der Waals surface area (Å²) >= 11 is 0. The van der Waals surface area contributed by atoms with Crippen LogP contribution in [0.1, 0.15) is 24.0 Å². The summed E-state index contributed by atoms with van der Waals surface area (Å²) in [4.78, 5) is 2.47. The normalized spacial score (nSPS) is 18.2. The highest BCUT2D eigenvalue weighted by Gasteiger charge is 2.15. The molecule has 0 atom stereocenters. The maximum absolute atomic E-state index is 5.92. The molecule has 1 aromatic carbocycles. The van der Waals surface area contributed by atoms with Gasteiger partial charge in [-0.3, -0.25) is 4.90 Å². The van der Waals surface area contributed by atoms with Gasteiger partial charge in [0, 0.05) is 12.6 Å². The van der Waals surface area contributed by atoms with Crippen molar-refractivity contribution in [2.75, 3.05) is 19.6 Å². The van der Waals surface area contributed by atoms with Crippen LogP contribution in [0.5, 0.6) is 0 Å². The van der Waals surface area contributed by atoms with E-state index < -0.39 is 0 Å². The highest BCUT2D eigenvalue weighted by Crippen LogP contribution is 2.13. The summed E-state index contributed by atoms with van der Waals surface area (Å²) in [5, 5.41) is 7.03. The van der Waals surface area contributed by atoms with Crippen molar-refractivity contribution in [3.8, 4) is 0 Å². The number of hydrogen-bond donors (Lipinski definition) is 2. The van der Waals surface area contributed by atoms with Crippen LogP contribution >= 0.6 is 0 Å². The van der Waals surface area contributed by atoms with Gasteiger partial charge in [0.1, 0.15) is 0 Å². The smallest absolute Gasteiger partial charge is 0.0660 e. The van der Waals surface area contributed by atoms with Crippen LogP contribution in [0, 0.1) is 0 Å². The molecule has 4 N–H and O–H groups in total. The first-order chi connectivity index (χ1) is 9.28. The second-order valence-electron chi connectivity index (χ2n) is 5.16. The lowest BCUT2D eigenvalue weighted by atomic mass is 10.0. The van der Waals surface area contributed by atoms with Crippen molar-refractivity contribution in [1.82, 2.24) is 4.90 Å². The monoisotopic (exact) mass is 261 g/mol. The van der Waals surface area contributed by atoms with Gasteiger partial charge < -0.3 is 11.6 Å². The highest BCUT2D eigenvalue weighted by molar-refractivity contribution is 5.22. The Bertz CT molecular complexity index is 393. The minimum Gasteiger partial charge on any atom is -0.328 e. The Kier molecular flexibility index (Phi) is 5.30. The fourth-order valence-electron chi connectivity index (χ4n) is 2.42. The van der Waals surface area contributed by atoms with Gasteiger partial charge in [-0.25, -0.2) is 0 Å². The summed E-state index contributed by atoms with van der Waals surface area (Å²) < 4.78 is 0. The van der Waals surface area contributed by atoms with Crippen molar-refractivity contribution in [2.45, 2.75) is 31.8 Å². The van der Waals surface area contributed by atoms with Crippen LogP contribution in [-0.2, 0) is 13.0 Å². The first kappa shape index (κ1) is 14.0. The Morgan fingerprint density at radius 2 is 1.74 bits per heavy atom. The maximum Gasteiger partial charge on any atom is 0.0660 e. The summed E-state index contributed by atoms with van der Waals surface area (Å²) in [7, 11) is 0. The van der Waals surface area contributed by atoms with Gasteiger partial charge in [0.05, 0.1) is 6.54 Å². The van der Waals surface area contributed by atoms with Crippen molar-refractivity contribution in [3.63, 3.8) is 0 Å². The summed E-state index contributed by atoms with van der Waals surface area (Å²) in [5.74, 6) is 4.97. The molecule has 0 amide bonds. The van der Waals surface area contributed by atoms with Gasteiger partial charge in [-0.2, -0.15) is 5.11 Å². The minimum atomic E-state index is 0.398. The lowest BCUT2D eigenvalue weighted by molar-refractivity contribution is 0.205. The SMILES string of the molecule is NN=NCCc1ccc(CN2CCC(N)CC2)cc1. The fourth-order valence-corrected chi connectivity index (χ4v) is 2.42. The van der Waals surface area contributed by atoms with Crippen molar-refractivity contribution in [1.29, 1.82) is 0 Å². The van der Waals surface area contributed by atoms with E-state index in [9.17, 15) is 0 Å². The van der Waals surface area contributed by atoms with E-state index in [-0.39, 0.29) is 0 Å². The largest absolute Gasteiger partial charge is 0.328 e. The summed E-state index contributed by atoms with van der Waals surface area (Å²) in [5.41, 5.74) is 8.55. The molecule has 104 valence electrons. The Labute approximate surface area is 114 Å². The Morgan fingerprint density at radius 3 is 2.37 bits per heavy atom. The molecular formula is C14H23N5. The van der Waals surface area contributed by atoms with Gasteiger partial charge >= 0.3 is 0 Å². The molecule has 0 spiro atoms. The molecule has 1 fully saturated rings. The second kappa shape index (κ2) is 7.21. The van der Waals surface area contributed by atoms with E-state index in [1.54, 1.807) is 0 Å². The highest BCUT2D eigenvalue weighted by atomic mass is 15.3. The first-order valence-electron chi connectivity index (χ1n) is 6.90. The van der Waals surface area contributed by atoms with Gasteiger partial charge in [-0.05, 0) is 43.5 Å². The average molecular weight is 261 g/mol. The van der Waals surface area contributed by atoms with Crippen molar-refractivity contribution in [2.24, 2.45) is 21.9 Å². The van der Waals surface area contributed by atoms with Crippen molar-refractivity contribution >= 4 is 0 Å². The lowest BCUT2D eigenvalue weighted by Crippen LogP contribution is -2.39. The molecule has 0 aliphatic carbocycles. The standard InChI is InChI=1S/C14H23N5/c15-14-6-9-19(10-7-14)11-13-3-1-12(2-4-13)5-8-17-18-16/h1-4,14H,5-11,15H2,(H2,16,17). The predicted molar refractivity (Wildman–Crippen MR) is 76.5 cm³/mol. The molecule has 0 radical (unpaired) electrons. The number of nitrogens with zero attached hydrogens (tertiary/aromatic N) is 3. The van der Waals surface area contributed by atoms with Crippen molar-refractivity contribution in [3.05, 3.63) is 35.4 Å². The average Bonchev–Trinajstić information content (AvgIpc) is 2.44. The quantitative estimate of drug-likeness (QED) is 0.478. The molecule has 0 bridgehead atoms. The molecule has 0 unspecified atom stereocenters. The number of benzene rings is 1.